The van der Waals surface area contributed by atoms with Crippen molar-refractivity contribution in [3.8, 4) is 0 Å². The van der Waals surface area contributed by atoms with Gasteiger partial charge in [0, 0.05) is 48.2 Å². The Morgan fingerprint density at radius 1 is 1.38 bits per heavy atom. The van der Waals surface area contributed by atoms with Crippen molar-refractivity contribution in [3.63, 3.8) is 0 Å². The molecule has 2 heterocycles. The Hall–Kier alpha value is -0.300. The van der Waals surface area contributed by atoms with Crippen molar-refractivity contribution in [1.82, 2.24) is 10.3 Å². The lowest BCUT2D eigenvalue weighted by Gasteiger charge is -2.37. The number of ether oxygens (including phenoxy) is 1. The molecule has 1 aliphatic heterocycles. The van der Waals surface area contributed by atoms with Gasteiger partial charge in [0.05, 0.1) is 12.3 Å². The first-order chi connectivity index (χ1) is 10.2. The van der Waals surface area contributed by atoms with Crippen LogP contribution in [0.3, 0.4) is 0 Å². The first kappa shape index (κ1) is 15.6. The second-order valence-electron chi connectivity index (χ2n) is 5.96. The van der Waals surface area contributed by atoms with Crippen molar-refractivity contribution in [3.05, 3.63) is 10.6 Å². The van der Waals surface area contributed by atoms with E-state index in [-0.39, 0.29) is 0 Å². The minimum absolute atomic E-state index is 0.550. The molecule has 0 spiro atoms. The number of hydrogen-bond acceptors (Lipinski definition) is 6. The Morgan fingerprint density at radius 2 is 2.19 bits per heavy atom. The summed E-state index contributed by atoms with van der Waals surface area (Å²) in [4.78, 5) is 8.70. The van der Waals surface area contributed by atoms with E-state index in [4.69, 9.17) is 9.72 Å². The maximum absolute atomic E-state index is 5.33. The zero-order chi connectivity index (χ0) is 14.8. The monoisotopic (exact) mass is 327 g/mol. The predicted molar refractivity (Wildman–Crippen MR) is 91.4 cm³/mol. The fourth-order valence-electron chi connectivity index (χ4n) is 2.61. The van der Waals surface area contributed by atoms with Crippen LogP contribution >= 0.6 is 23.1 Å². The predicted octanol–water partition coefficient (Wildman–Crippen LogP) is 2.87. The molecule has 2 fully saturated rings. The largest absolute Gasteiger partial charge is 0.378 e. The van der Waals surface area contributed by atoms with Crippen molar-refractivity contribution in [2.75, 3.05) is 24.3 Å². The van der Waals surface area contributed by atoms with E-state index in [1.54, 1.807) is 7.11 Å². The molecule has 3 rings (SSSR count). The van der Waals surface area contributed by atoms with Crippen LogP contribution in [0.5, 0.6) is 0 Å². The normalized spacial score (nSPS) is 26.3. The number of methoxy groups -OCH3 is 1. The van der Waals surface area contributed by atoms with Gasteiger partial charge in [-0.05, 0) is 19.8 Å². The van der Waals surface area contributed by atoms with E-state index in [2.05, 4.69) is 35.8 Å². The molecule has 0 amide bonds. The Kier molecular flexibility index (Phi) is 5.09. The summed E-state index contributed by atoms with van der Waals surface area (Å²) in [5, 5.41) is 5.44. The molecule has 0 aromatic carbocycles. The maximum atomic E-state index is 5.33. The summed E-state index contributed by atoms with van der Waals surface area (Å²) in [5.74, 6) is 1.19. The van der Waals surface area contributed by atoms with E-state index >= 15 is 0 Å². The lowest BCUT2D eigenvalue weighted by atomic mass is 10.2. The first-order valence-electron chi connectivity index (χ1n) is 7.78. The van der Waals surface area contributed by atoms with Crippen LogP contribution in [-0.2, 0) is 17.9 Å². The quantitative estimate of drug-likeness (QED) is 0.869. The standard InChI is InChI=1S/C15H25N3OS2/c1-10-11(2)20-7-6-18(10)15-17-13(9-19-3)14(21-15)8-16-12-4-5-12/h10-12,16H,4-9H2,1-3H3. The van der Waals surface area contributed by atoms with Gasteiger partial charge in [0.1, 0.15) is 0 Å². The van der Waals surface area contributed by atoms with Gasteiger partial charge in [-0.3, -0.25) is 0 Å². The second-order valence-corrected chi connectivity index (χ2v) is 8.51. The zero-order valence-electron chi connectivity index (χ0n) is 13.1. The highest BCUT2D eigenvalue weighted by molar-refractivity contribution is 8.00. The van der Waals surface area contributed by atoms with Crippen molar-refractivity contribution >= 4 is 28.2 Å². The van der Waals surface area contributed by atoms with Gasteiger partial charge in [0.15, 0.2) is 5.13 Å². The maximum Gasteiger partial charge on any atom is 0.186 e. The summed E-state index contributed by atoms with van der Waals surface area (Å²) >= 11 is 3.91. The van der Waals surface area contributed by atoms with E-state index < -0.39 is 0 Å². The minimum atomic E-state index is 0.550. The highest BCUT2D eigenvalue weighted by Crippen LogP contribution is 2.34. The van der Waals surface area contributed by atoms with Gasteiger partial charge in [-0.15, -0.1) is 11.3 Å². The van der Waals surface area contributed by atoms with E-state index in [1.807, 2.05) is 11.3 Å². The zero-order valence-corrected chi connectivity index (χ0v) is 14.7. The van der Waals surface area contributed by atoms with E-state index in [0.717, 1.165) is 24.8 Å². The van der Waals surface area contributed by atoms with Gasteiger partial charge in [-0.1, -0.05) is 6.92 Å². The molecule has 1 saturated heterocycles. The van der Waals surface area contributed by atoms with Crippen LogP contribution in [-0.4, -0.2) is 41.7 Å². The van der Waals surface area contributed by atoms with Crippen molar-refractivity contribution in [2.24, 2.45) is 0 Å². The number of aromatic nitrogens is 1. The van der Waals surface area contributed by atoms with Crippen LogP contribution in [0.4, 0.5) is 5.13 Å². The molecule has 4 nitrogen and oxygen atoms in total. The first-order valence-corrected chi connectivity index (χ1v) is 9.64. The number of anilines is 1. The lowest BCUT2D eigenvalue weighted by molar-refractivity contribution is 0.181. The van der Waals surface area contributed by atoms with Crippen LogP contribution in [0, 0.1) is 0 Å². The summed E-state index contributed by atoms with van der Waals surface area (Å²) < 4.78 is 5.33. The van der Waals surface area contributed by atoms with Crippen LogP contribution in [0.1, 0.15) is 37.3 Å². The molecule has 0 radical (unpaired) electrons. The highest BCUT2D eigenvalue weighted by atomic mass is 32.2. The molecule has 1 aliphatic carbocycles. The van der Waals surface area contributed by atoms with Gasteiger partial charge >= 0.3 is 0 Å². The Bertz CT molecular complexity index is 475. The topological polar surface area (TPSA) is 37.4 Å². The van der Waals surface area contributed by atoms with Gasteiger partial charge in [-0.2, -0.15) is 11.8 Å². The number of rotatable bonds is 6. The van der Waals surface area contributed by atoms with Gasteiger partial charge in [0.2, 0.25) is 0 Å². The van der Waals surface area contributed by atoms with Crippen molar-refractivity contribution in [2.45, 2.75) is 57.2 Å². The van der Waals surface area contributed by atoms with Crippen LogP contribution in [0.15, 0.2) is 0 Å². The Balaban J connectivity index is 1.75. The Labute approximate surface area is 135 Å². The number of thioether (sulfide) groups is 1. The van der Waals surface area contributed by atoms with Crippen LogP contribution in [0.25, 0.3) is 0 Å². The van der Waals surface area contributed by atoms with Crippen molar-refractivity contribution < 1.29 is 4.74 Å². The van der Waals surface area contributed by atoms with Gasteiger partial charge < -0.3 is 15.0 Å². The highest BCUT2D eigenvalue weighted by Gasteiger charge is 2.28. The van der Waals surface area contributed by atoms with E-state index in [0.29, 0.717) is 17.9 Å². The number of nitrogens with one attached hydrogen (secondary N) is 1. The molecule has 2 unspecified atom stereocenters. The number of thiazole rings is 1. The Morgan fingerprint density at radius 3 is 2.90 bits per heavy atom. The molecule has 6 heteroatoms. The summed E-state index contributed by atoms with van der Waals surface area (Å²) in [5.41, 5.74) is 1.11. The summed E-state index contributed by atoms with van der Waals surface area (Å²) in [6, 6.07) is 1.28. The van der Waals surface area contributed by atoms with E-state index in [9.17, 15) is 0 Å². The average molecular weight is 328 g/mol. The summed E-state index contributed by atoms with van der Waals surface area (Å²) in [6.45, 7) is 7.29. The number of nitrogens with zero attached hydrogens (tertiary/aromatic N) is 2. The fraction of sp³-hybridized carbons (Fsp3) is 0.800. The number of hydrogen-bond donors (Lipinski definition) is 1. The molecular formula is C15H25N3OS2. The summed E-state index contributed by atoms with van der Waals surface area (Å²) in [6.07, 6.45) is 2.65. The van der Waals surface area contributed by atoms with Gasteiger partial charge in [0.25, 0.3) is 0 Å². The molecule has 2 atom stereocenters. The molecule has 1 saturated carbocycles. The van der Waals surface area contributed by atoms with Crippen LogP contribution in [0.2, 0.25) is 0 Å². The molecule has 118 valence electrons. The van der Waals surface area contributed by atoms with Crippen molar-refractivity contribution in [1.29, 1.82) is 0 Å². The molecule has 1 aromatic heterocycles. The fourth-order valence-corrected chi connectivity index (χ4v) is 4.84. The third kappa shape index (κ3) is 3.73. The minimum Gasteiger partial charge on any atom is -0.378 e. The van der Waals surface area contributed by atoms with Crippen LogP contribution < -0.4 is 10.2 Å². The average Bonchev–Trinajstić information content (AvgIpc) is 3.22. The smallest absolute Gasteiger partial charge is 0.186 e. The van der Waals surface area contributed by atoms with Gasteiger partial charge in [-0.25, -0.2) is 4.98 Å². The molecule has 1 aromatic rings. The lowest BCUT2D eigenvalue weighted by Crippen LogP contribution is -2.44. The molecule has 1 N–H and O–H groups in total. The van der Waals surface area contributed by atoms with E-state index in [1.165, 1.54) is 28.6 Å². The molecule has 2 aliphatic rings. The molecule has 0 bridgehead atoms. The third-order valence-electron chi connectivity index (χ3n) is 4.31. The summed E-state index contributed by atoms with van der Waals surface area (Å²) in [7, 11) is 1.75. The SMILES string of the molecule is COCc1nc(N2CCSC(C)C2C)sc1CNC1CC1. The third-order valence-corrected chi connectivity index (χ3v) is 6.78. The second kappa shape index (κ2) is 6.86. The molecular weight excluding hydrogens is 302 g/mol. The molecule has 21 heavy (non-hydrogen) atoms.